The summed E-state index contributed by atoms with van der Waals surface area (Å²) in [5.74, 6) is 0.227. The van der Waals surface area contributed by atoms with Crippen molar-refractivity contribution >= 4 is 49.4 Å². The standard InChI is InChI=1S/C11H20N4O15P4/c12-6-1-2-13-11-10(6)14-5-15(11)9-3-7(28-31(16,17)18)8(27-9)4-26-33(22,23)30-34(24,25)29-32(19,20)21/h2,5,7-9,12,22-23,33H,1,3-4H2,(H,24,25)(H2,16,17,18)(H2,19,20,21)/t7-,8-,9-/m1/s1. The normalized spacial score (nSPS) is 25.9. The van der Waals surface area contributed by atoms with Gasteiger partial charge in [0.05, 0.1) is 0 Å². The van der Waals surface area contributed by atoms with Crippen molar-refractivity contribution in [3.05, 3.63) is 12.0 Å². The van der Waals surface area contributed by atoms with E-state index in [2.05, 4.69) is 27.6 Å². The van der Waals surface area contributed by atoms with Gasteiger partial charge in [-0.05, 0) is 0 Å². The predicted octanol–water partition coefficient (Wildman–Crippen LogP) is -0.240. The van der Waals surface area contributed by atoms with Gasteiger partial charge in [-0.1, -0.05) is 0 Å². The van der Waals surface area contributed by atoms with Crippen molar-refractivity contribution in [2.45, 2.75) is 31.3 Å². The number of hydrogen-bond acceptors (Lipinski definition) is 13. The Labute approximate surface area is 190 Å². The topological polar surface area (TPSA) is 293 Å². The van der Waals surface area contributed by atoms with Gasteiger partial charge in [0.15, 0.2) is 0 Å². The Morgan fingerprint density at radius 2 is 1.85 bits per heavy atom. The molecule has 1 aromatic heterocycles. The first kappa shape index (κ1) is 27.8. The number of aromatic nitrogens is 2. The van der Waals surface area contributed by atoms with Crippen molar-refractivity contribution in [3.8, 4) is 0 Å². The zero-order valence-electron chi connectivity index (χ0n) is 16.6. The number of nitrogens with zero attached hydrogens (tertiary/aromatic N) is 3. The van der Waals surface area contributed by atoms with E-state index in [9.17, 15) is 38.2 Å². The van der Waals surface area contributed by atoms with E-state index in [1.165, 1.54) is 17.1 Å². The average Bonchev–Trinajstić information content (AvgIpc) is 3.20. The van der Waals surface area contributed by atoms with Gasteiger partial charge in [0.1, 0.15) is 0 Å². The number of phosphoric acid groups is 3. The molecule has 34 heavy (non-hydrogen) atoms. The monoisotopic (exact) mass is 572 g/mol. The van der Waals surface area contributed by atoms with Crippen molar-refractivity contribution in [1.29, 1.82) is 5.41 Å². The second-order valence-corrected chi connectivity index (χ2v) is 12.7. The molecule has 1 unspecified atom stereocenters. The number of phosphoric ester groups is 1. The molecule has 1 aromatic rings. The van der Waals surface area contributed by atoms with Gasteiger partial charge in [-0.25, -0.2) is 0 Å². The summed E-state index contributed by atoms with van der Waals surface area (Å²) in [6.45, 7) is -0.924. The molecule has 19 nitrogen and oxygen atoms in total. The number of aliphatic imine (C=N–C) groups is 1. The third-order valence-corrected chi connectivity index (χ3v) is 8.84. The molecule has 4 atom stereocenters. The zero-order chi connectivity index (χ0) is 25.5. The van der Waals surface area contributed by atoms with Crippen molar-refractivity contribution in [2.75, 3.05) is 6.61 Å². The molecular weight excluding hydrogens is 552 g/mol. The van der Waals surface area contributed by atoms with Gasteiger partial charge in [0.2, 0.25) is 0 Å². The summed E-state index contributed by atoms with van der Waals surface area (Å²) in [7, 11) is -21.9. The first-order valence-electron chi connectivity index (χ1n) is 8.90. The van der Waals surface area contributed by atoms with Gasteiger partial charge in [0, 0.05) is 0 Å². The molecule has 0 spiro atoms. The Bertz CT molecular complexity index is 1110. The molecule has 1 saturated heterocycles. The maximum absolute atomic E-state index is 11.5. The van der Waals surface area contributed by atoms with E-state index in [1.807, 2.05) is 0 Å². The van der Waals surface area contributed by atoms with E-state index in [-0.39, 0.29) is 30.1 Å². The van der Waals surface area contributed by atoms with Crippen LogP contribution in [0.1, 0.15) is 24.8 Å². The van der Waals surface area contributed by atoms with Crippen LogP contribution < -0.4 is 0 Å². The van der Waals surface area contributed by atoms with Crippen LogP contribution in [0.4, 0.5) is 5.82 Å². The number of rotatable bonds is 10. The van der Waals surface area contributed by atoms with Crippen LogP contribution >= 0.6 is 31.6 Å². The summed E-state index contributed by atoms with van der Waals surface area (Å²) in [5, 5.41) is 7.89. The number of hydrogen-bond donors (Lipinski definition) is 8. The molecule has 2 aliphatic heterocycles. The molecule has 0 aromatic carbocycles. The van der Waals surface area contributed by atoms with Crippen molar-refractivity contribution in [2.24, 2.45) is 4.99 Å². The summed E-state index contributed by atoms with van der Waals surface area (Å²) in [5.41, 5.74) is 0.427. The van der Waals surface area contributed by atoms with Gasteiger partial charge < -0.3 is 0 Å². The minimum atomic E-state index is -5.69. The molecule has 0 amide bonds. The van der Waals surface area contributed by atoms with E-state index in [0.29, 0.717) is 0 Å². The molecule has 3 rings (SSSR count). The van der Waals surface area contributed by atoms with Gasteiger partial charge >= 0.3 is 190 Å². The van der Waals surface area contributed by atoms with Gasteiger partial charge in [-0.15, -0.1) is 0 Å². The third kappa shape index (κ3) is 7.59. The quantitative estimate of drug-likeness (QED) is 0.168. The van der Waals surface area contributed by atoms with Crippen LogP contribution in [0.15, 0.2) is 11.3 Å². The molecule has 1 fully saturated rings. The fourth-order valence-corrected chi connectivity index (χ4v) is 6.93. The molecule has 0 bridgehead atoms. The minimum absolute atomic E-state index is 0.170. The molecule has 8 N–H and O–H groups in total. The summed E-state index contributed by atoms with van der Waals surface area (Å²) in [6.07, 6.45) is -1.10. The van der Waals surface area contributed by atoms with E-state index >= 15 is 0 Å². The molecular formula is C11H20N4O15P4. The van der Waals surface area contributed by atoms with Crippen LogP contribution in [-0.2, 0) is 36.1 Å². The van der Waals surface area contributed by atoms with E-state index in [0.717, 1.165) is 0 Å². The molecule has 0 radical (unpaired) electrons. The van der Waals surface area contributed by atoms with Gasteiger partial charge in [-0.2, -0.15) is 0 Å². The van der Waals surface area contributed by atoms with Crippen LogP contribution in [0.5, 0.6) is 0 Å². The Balaban J connectivity index is 1.74. The first-order valence-corrected chi connectivity index (χ1v) is 15.2. The fraction of sp³-hybridized carbons (Fsp3) is 0.545. The van der Waals surface area contributed by atoms with E-state index < -0.39 is 56.7 Å². The van der Waals surface area contributed by atoms with Crippen LogP contribution in [0, 0.1) is 5.41 Å². The van der Waals surface area contributed by atoms with Gasteiger partial charge in [-0.3, -0.25) is 0 Å². The molecule has 0 aliphatic carbocycles. The number of nitrogens with one attached hydrogen (secondary N) is 1. The molecule has 2 aliphatic rings. The maximum atomic E-state index is 11.5. The van der Waals surface area contributed by atoms with E-state index in [4.69, 9.17) is 19.9 Å². The first-order chi connectivity index (χ1) is 15.4. The van der Waals surface area contributed by atoms with Crippen molar-refractivity contribution in [3.63, 3.8) is 0 Å². The molecule has 194 valence electrons. The van der Waals surface area contributed by atoms with Gasteiger partial charge in [0.25, 0.3) is 0 Å². The summed E-state index contributed by atoms with van der Waals surface area (Å²) in [6, 6.07) is 0. The Morgan fingerprint density at radius 3 is 2.47 bits per heavy atom. The molecule has 0 saturated carbocycles. The Hall–Kier alpha value is -0.810. The SMILES string of the molecule is N=C1CC=Nc2c1ncn2[C@H]1C[C@@H](OP(=O)(O)O)[C@@H](CO[PH](O)(O)OP(=O)(O)OP(=O)(O)O)O1. The number of imidazole rings is 1. The molecule has 23 heteroatoms. The van der Waals surface area contributed by atoms with Crippen LogP contribution in [-0.4, -0.2) is 74.5 Å². The van der Waals surface area contributed by atoms with Crippen LogP contribution in [0.3, 0.4) is 0 Å². The zero-order valence-corrected chi connectivity index (χ0v) is 20.3. The van der Waals surface area contributed by atoms with Crippen LogP contribution in [0.2, 0.25) is 0 Å². The molecule has 3 heterocycles. The van der Waals surface area contributed by atoms with Crippen molar-refractivity contribution in [1.82, 2.24) is 9.55 Å². The van der Waals surface area contributed by atoms with E-state index in [1.54, 1.807) is 0 Å². The van der Waals surface area contributed by atoms with Crippen molar-refractivity contribution < 1.29 is 70.4 Å². The summed E-state index contributed by atoms with van der Waals surface area (Å²) >= 11 is 0. The fourth-order valence-electron chi connectivity index (χ4n) is 3.05. The average molecular weight is 572 g/mol. The van der Waals surface area contributed by atoms with Crippen LogP contribution in [0.25, 0.3) is 0 Å². The third-order valence-electron chi connectivity index (χ3n) is 4.21. The number of fused-ring (bicyclic) bond motifs is 1. The summed E-state index contributed by atoms with van der Waals surface area (Å²) < 4.78 is 57.1. The summed E-state index contributed by atoms with van der Waals surface area (Å²) in [4.78, 5) is 72.4. The predicted molar refractivity (Wildman–Crippen MR) is 110 cm³/mol. The second-order valence-electron chi connectivity index (χ2n) is 6.81. The second kappa shape index (κ2) is 9.92. The number of ether oxygens (including phenoxy) is 1. The Morgan fingerprint density at radius 1 is 1.18 bits per heavy atom. The Kier molecular flexibility index (Phi) is 8.10.